The highest BCUT2D eigenvalue weighted by Gasteiger charge is 2.12. The van der Waals surface area contributed by atoms with Gasteiger partial charge in [0.1, 0.15) is 4.92 Å². The van der Waals surface area contributed by atoms with Gasteiger partial charge in [-0.1, -0.05) is 23.5 Å². The zero-order valence-electron chi connectivity index (χ0n) is 10.0. The van der Waals surface area contributed by atoms with Gasteiger partial charge in [-0.05, 0) is 18.6 Å². The average Bonchev–Trinajstić information content (AvgIpc) is 3.02. The van der Waals surface area contributed by atoms with Gasteiger partial charge in [0.05, 0.1) is 12.3 Å². The fraction of sp³-hybridized carbons (Fsp3) is 0.222. The van der Waals surface area contributed by atoms with E-state index >= 15 is 0 Å². The van der Waals surface area contributed by atoms with Crippen LogP contribution in [0.2, 0.25) is 0 Å². The van der Waals surface area contributed by atoms with Gasteiger partial charge >= 0.3 is 5.88 Å². The molecule has 0 radical (unpaired) electrons. The molecule has 2 aromatic heterocycles. The van der Waals surface area contributed by atoms with E-state index in [1.54, 1.807) is 4.68 Å². The van der Waals surface area contributed by atoms with Gasteiger partial charge in [0.25, 0.3) is 0 Å². The van der Waals surface area contributed by atoms with E-state index < -0.39 is 4.92 Å². The molecule has 0 N–H and O–H groups in total. The molecule has 0 saturated heterocycles. The first-order chi connectivity index (χ1) is 9.15. The first kappa shape index (κ1) is 13.6. The summed E-state index contributed by atoms with van der Waals surface area (Å²) in [6.07, 6.45) is 5.10. The van der Waals surface area contributed by atoms with E-state index in [4.69, 9.17) is 4.42 Å². The fourth-order valence-electron chi connectivity index (χ4n) is 1.23. The summed E-state index contributed by atoms with van der Waals surface area (Å²) in [7, 11) is 0. The van der Waals surface area contributed by atoms with Crippen LogP contribution in [0.25, 0.3) is 0 Å². The molecule has 2 aromatic rings. The summed E-state index contributed by atoms with van der Waals surface area (Å²) in [5.41, 5.74) is 0. The van der Waals surface area contributed by atoms with E-state index in [2.05, 4.69) is 15.3 Å². The molecule has 0 saturated carbocycles. The monoisotopic (exact) mass is 299 g/mol. The second-order valence-corrected chi connectivity index (χ2v) is 4.71. The van der Waals surface area contributed by atoms with Crippen LogP contribution in [0.15, 0.2) is 32.0 Å². The maximum Gasteiger partial charge on any atom is 0.433 e. The molecule has 0 aliphatic heterocycles. The van der Waals surface area contributed by atoms with E-state index in [-0.39, 0.29) is 5.88 Å². The maximum atomic E-state index is 10.5. The predicted molar refractivity (Wildman–Crippen MR) is 71.9 cm³/mol. The van der Waals surface area contributed by atoms with Crippen molar-refractivity contribution in [3.05, 3.63) is 28.0 Å². The van der Waals surface area contributed by atoms with Gasteiger partial charge in [-0.25, -0.2) is 0 Å². The maximum absolute atomic E-state index is 10.5. The molecule has 0 spiro atoms. The molecule has 0 bridgehead atoms. The minimum atomic E-state index is -0.600. The zero-order valence-corrected chi connectivity index (χ0v) is 11.6. The first-order valence-electron chi connectivity index (χ1n) is 4.97. The van der Waals surface area contributed by atoms with Crippen LogP contribution in [0.1, 0.15) is 5.76 Å². The third-order valence-electron chi connectivity index (χ3n) is 2.04. The molecule has 0 aliphatic rings. The van der Waals surface area contributed by atoms with E-state index in [0.29, 0.717) is 16.1 Å². The lowest BCUT2D eigenvalue weighted by molar-refractivity contribution is -0.402. The summed E-state index contributed by atoms with van der Waals surface area (Å²) in [6, 6.07) is 2.75. The quantitative estimate of drug-likeness (QED) is 0.361. The smallest absolute Gasteiger partial charge is 0.400 e. The standard InChI is InChI=1S/C9H9N5O3S2/c1-18-8-11-12-9(19-2)13(8)10-5-6-3-4-7(17-6)14(15)16/h3-5H,1-2H3/b10-5+. The number of nitrogens with zero attached hydrogens (tertiary/aromatic N) is 5. The first-order valence-corrected chi connectivity index (χ1v) is 7.42. The molecule has 8 nitrogen and oxygen atoms in total. The van der Waals surface area contributed by atoms with Crippen molar-refractivity contribution >= 4 is 35.6 Å². The molecule has 0 amide bonds. The van der Waals surface area contributed by atoms with Gasteiger partial charge < -0.3 is 4.42 Å². The molecular weight excluding hydrogens is 290 g/mol. The van der Waals surface area contributed by atoms with Crippen molar-refractivity contribution < 1.29 is 9.34 Å². The number of aromatic nitrogens is 3. The summed E-state index contributed by atoms with van der Waals surface area (Å²) in [5.74, 6) is -0.0279. The number of furan rings is 1. The summed E-state index contributed by atoms with van der Waals surface area (Å²) in [6.45, 7) is 0. The average molecular weight is 299 g/mol. The molecule has 2 rings (SSSR count). The van der Waals surface area contributed by atoms with Crippen LogP contribution in [0.4, 0.5) is 5.88 Å². The number of hydrogen-bond acceptors (Lipinski definition) is 8. The van der Waals surface area contributed by atoms with Crippen LogP contribution < -0.4 is 0 Å². The lowest BCUT2D eigenvalue weighted by Gasteiger charge is -1.98. The van der Waals surface area contributed by atoms with Gasteiger partial charge in [-0.3, -0.25) is 10.1 Å². The second-order valence-electron chi connectivity index (χ2n) is 3.16. The Kier molecular flexibility index (Phi) is 4.22. The van der Waals surface area contributed by atoms with Crippen molar-refractivity contribution in [2.24, 2.45) is 5.10 Å². The van der Waals surface area contributed by atoms with E-state index in [0.717, 1.165) is 0 Å². The van der Waals surface area contributed by atoms with Gasteiger partial charge in [0.2, 0.25) is 10.3 Å². The minimum Gasteiger partial charge on any atom is -0.400 e. The van der Waals surface area contributed by atoms with E-state index in [1.807, 2.05) is 12.5 Å². The highest BCUT2D eigenvalue weighted by atomic mass is 32.2. The third-order valence-corrected chi connectivity index (χ3v) is 3.28. The minimum absolute atomic E-state index is 0.291. The predicted octanol–water partition coefficient (Wildman–Crippen LogP) is 2.11. The van der Waals surface area contributed by atoms with Crippen molar-refractivity contribution in [3.8, 4) is 0 Å². The van der Waals surface area contributed by atoms with Crippen molar-refractivity contribution in [1.82, 2.24) is 14.9 Å². The molecule has 0 aromatic carbocycles. The number of hydrogen-bond donors (Lipinski definition) is 0. The Hall–Kier alpha value is -1.81. The fourth-order valence-corrected chi connectivity index (χ4v) is 2.15. The normalized spacial score (nSPS) is 11.3. The highest BCUT2D eigenvalue weighted by Crippen LogP contribution is 2.20. The SMILES string of the molecule is CSc1nnc(SC)n1/N=C/c1ccc([N+](=O)[O-])o1. The lowest BCUT2D eigenvalue weighted by Crippen LogP contribution is -1.94. The Morgan fingerprint density at radius 3 is 2.47 bits per heavy atom. The molecule has 0 fully saturated rings. The molecule has 0 aliphatic carbocycles. The van der Waals surface area contributed by atoms with Gasteiger partial charge in [0, 0.05) is 0 Å². The topological polar surface area (TPSA) is 99.3 Å². The van der Waals surface area contributed by atoms with Crippen LogP contribution in [0.5, 0.6) is 0 Å². The van der Waals surface area contributed by atoms with Crippen LogP contribution in [0.3, 0.4) is 0 Å². The number of thioether (sulfide) groups is 2. The summed E-state index contributed by atoms with van der Waals surface area (Å²) >= 11 is 2.80. The van der Waals surface area contributed by atoms with Crippen LogP contribution in [-0.2, 0) is 0 Å². The number of nitro groups is 1. The third kappa shape index (κ3) is 2.96. The molecule has 0 atom stereocenters. The van der Waals surface area contributed by atoms with Crippen LogP contribution in [-0.4, -0.2) is 38.5 Å². The molecule has 100 valence electrons. The van der Waals surface area contributed by atoms with Gasteiger partial charge in [-0.2, -0.15) is 9.78 Å². The van der Waals surface area contributed by atoms with Crippen molar-refractivity contribution in [3.63, 3.8) is 0 Å². The Balaban J connectivity index is 2.26. The van der Waals surface area contributed by atoms with Gasteiger partial charge in [-0.15, -0.1) is 10.2 Å². The number of rotatable bonds is 5. The van der Waals surface area contributed by atoms with Crippen molar-refractivity contribution in [2.75, 3.05) is 12.5 Å². The van der Waals surface area contributed by atoms with Crippen molar-refractivity contribution in [1.29, 1.82) is 0 Å². The molecular formula is C9H9N5O3S2. The Labute approximate surface area is 116 Å². The van der Waals surface area contributed by atoms with Crippen LogP contribution >= 0.6 is 23.5 Å². The summed E-state index contributed by atoms with van der Waals surface area (Å²) in [5, 5.41) is 23.8. The lowest BCUT2D eigenvalue weighted by atomic mass is 10.5. The molecule has 2 heterocycles. The Morgan fingerprint density at radius 2 is 2.00 bits per heavy atom. The molecule has 10 heteroatoms. The molecule has 19 heavy (non-hydrogen) atoms. The zero-order chi connectivity index (χ0) is 13.8. The largest absolute Gasteiger partial charge is 0.433 e. The summed E-state index contributed by atoms with van der Waals surface area (Å²) in [4.78, 5) is 9.88. The van der Waals surface area contributed by atoms with Crippen LogP contribution in [0, 0.1) is 10.1 Å². The highest BCUT2D eigenvalue weighted by molar-refractivity contribution is 7.99. The van der Waals surface area contributed by atoms with E-state index in [9.17, 15) is 10.1 Å². The van der Waals surface area contributed by atoms with Crippen molar-refractivity contribution in [2.45, 2.75) is 10.3 Å². The Morgan fingerprint density at radius 1 is 1.37 bits per heavy atom. The second kappa shape index (κ2) is 5.89. The Bertz CT molecular complexity index is 600. The van der Waals surface area contributed by atoms with Gasteiger partial charge in [0.15, 0.2) is 5.76 Å². The van der Waals surface area contributed by atoms with E-state index in [1.165, 1.54) is 41.9 Å². The summed E-state index contributed by atoms with van der Waals surface area (Å²) < 4.78 is 6.52. The molecule has 0 unspecified atom stereocenters.